The maximum absolute atomic E-state index is 2.40. The van der Waals surface area contributed by atoms with E-state index in [0.717, 1.165) is 0 Å². The molecule has 0 unspecified atom stereocenters. The first-order valence-electron chi connectivity index (χ1n) is 9.21. The van der Waals surface area contributed by atoms with Gasteiger partial charge in [0.25, 0.3) is 0 Å². The second-order valence-electron chi connectivity index (χ2n) is 5.93. The second-order valence-corrected chi connectivity index (χ2v) is 5.93. The predicted octanol–water partition coefficient (Wildman–Crippen LogP) is 7.60. The summed E-state index contributed by atoms with van der Waals surface area (Å²) in [5, 5.41) is 0. The highest BCUT2D eigenvalue weighted by molar-refractivity contribution is 4.82. The fraction of sp³-hybridized carbons (Fsp3) is 0.800. The van der Waals surface area contributed by atoms with Gasteiger partial charge in [-0.2, -0.15) is 0 Å². The van der Waals surface area contributed by atoms with Crippen LogP contribution in [0.3, 0.4) is 0 Å². The summed E-state index contributed by atoms with van der Waals surface area (Å²) in [4.78, 5) is 0. The molecule has 0 spiro atoms. The van der Waals surface area contributed by atoms with Gasteiger partial charge in [-0.25, -0.2) is 0 Å². The molecule has 0 rings (SSSR count). The summed E-state index contributed by atoms with van der Waals surface area (Å²) in [6.45, 7) is 4.52. The van der Waals surface area contributed by atoms with Gasteiger partial charge in [0.15, 0.2) is 0 Å². The Hall–Kier alpha value is -0.520. The van der Waals surface area contributed by atoms with Gasteiger partial charge >= 0.3 is 0 Å². The van der Waals surface area contributed by atoms with Crippen molar-refractivity contribution in [1.82, 2.24) is 0 Å². The lowest BCUT2D eigenvalue weighted by Crippen LogP contribution is -1.78. The highest BCUT2D eigenvalue weighted by atomic mass is 14.0. The summed E-state index contributed by atoms with van der Waals surface area (Å²) in [6, 6.07) is 0. The third-order valence-electron chi connectivity index (χ3n) is 3.75. The first-order valence-corrected chi connectivity index (χ1v) is 9.21. The van der Waals surface area contributed by atoms with Crippen LogP contribution in [0.2, 0.25) is 0 Å². The van der Waals surface area contributed by atoms with Gasteiger partial charge in [-0.3, -0.25) is 0 Å². The smallest absolute Gasteiger partial charge is 0.0351 e. The summed E-state index contributed by atoms with van der Waals surface area (Å²) in [5.74, 6) is 0. The number of unbranched alkanes of at least 4 members (excludes halogenated alkanes) is 11. The number of rotatable bonds is 15. The van der Waals surface area contributed by atoms with Crippen molar-refractivity contribution in [1.29, 1.82) is 0 Å². The number of hydrogen-bond acceptors (Lipinski definition) is 0. The van der Waals surface area contributed by atoms with Crippen LogP contribution in [0.15, 0.2) is 24.3 Å². The Labute approximate surface area is 128 Å². The lowest BCUT2D eigenvalue weighted by Gasteiger charge is -1.98. The van der Waals surface area contributed by atoms with Crippen LogP contribution in [-0.4, -0.2) is 0 Å². The molecule has 0 aromatic rings. The Kier molecular flexibility index (Phi) is 18.0. The Bertz CT molecular complexity index is 212. The van der Waals surface area contributed by atoms with E-state index in [1.807, 2.05) is 0 Å². The van der Waals surface area contributed by atoms with Crippen molar-refractivity contribution >= 4 is 0 Å². The molecule has 20 heavy (non-hydrogen) atoms. The molecule has 0 nitrogen and oxygen atoms in total. The van der Waals surface area contributed by atoms with Crippen LogP contribution < -0.4 is 0 Å². The van der Waals surface area contributed by atoms with Crippen LogP contribution in [0.4, 0.5) is 0 Å². The molecule has 118 valence electrons. The molecule has 0 N–H and O–H groups in total. The van der Waals surface area contributed by atoms with E-state index in [-0.39, 0.29) is 0 Å². The standard InChI is InChI=1S/C20H38/c1-3-5-7-9-11-13-15-17-19-20-18-16-14-12-10-8-6-4-2/h7,9,14,16H,3-6,8,10-13,15,17-20H2,1-2H3. The lowest BCUT2D eigenvalue weighted by atomic mass is 10.1. The highest BCUT2D eigenvalue weighted by Crippen LogP contribution is 2.09. The van der Waals surface area contributed by atoms with E-state index in [1.165, 1.54) is 89.9 Å². The van der Waals surface area contributed by atoms with Crippen molar-refractivity contribution in [3.8, 4) is 0 Å². The molecule has 0 radical (unpaired) electrons. The van der Waals surface area contributed by atoms with Crippen LogP contribution >= 0.6 is 0 Å². The molecule has 0 saturated carbocycles. The van der Waals surface area contributed by atoms with E-state index in [2.05, 4.69) is 38.2 Å². The van der Waals surface area contributed by atoms with Crippen molar-refractivity contribution in [3.05, 3.63) is 24.3 Å². The summed E-state index contributed by atoms with van der Waals surface area (Å²) in [6.07, 6.45) is 28.5. The highest BCUT2D eigenvalue weighted by Gasteiger charge is 1.89. The zero-order chi connectivity index (χ0) is 14.7. The van der Waals surface area contributed by atoms with E-state index < -0.39 is 0 Å². The van der Waals surface area contributed by atoms with Crippen LogP contribution in [0.5, 0.6) is 0 Å². The van der Waals surface area contributed by atoms with E-state index in [4.69, 9.17) is 0 Å². The minimum Gasteiger partial charge on any atom is -0.0885 e. The zero-order valence-electron chi connectivity index (χ0n) is 14.2. The molecule has 0 bridgehead atoms. The molecule has 0 saturated heterocycles. The normalized spacial score (nSPS) is 11.9. The molecule has 0 aromatic carbocycles. The Morgan fingerprint density at radius 2 is 0.800 bits per heavy atom. The first kappa shape index (κ1) is 19.5. The largest absolute Gasteiger partial charge is 0.0885 e. The molecule has 0 aliphatic carbocycles. The van der Waals surface area contributed by atoms with Crippen LogP contribution in [0.1, 0.15) is 104 Å². The van der Waals surface area contributed by atoms with Gasteiger partial charge in [-0.1, -0.05) is 83.1 Å². The minimum atomic E-state index is 1.25. The summed E-state index contributed by atoms with van der Waals surface area (Å²) in [7, 11) is 0. The Morgan fingerprint density at radius 3 is 1.25 bits per heavy atom. The molecular formula is C20H38. The van der Waals surface area contributed by atoms with Gasteiger partial charge in [-0.05, 0) is 44.9 Å². The third-order valence-corrected chi connectivity index (χ3v) is 3.75. The van der Waals surface area contributed by atoms with Gasteiger partial charge in [0.05, 0.1) is 0 Å². The predicted molar refractivity (Wildman–Crippen MR) is 94.3 cm³/mol. The van der Waals surface area contributed by atoms with Crippen LogP contribution in [-0.2, 0) is 0 Å². The van der Waals surface area contributed by atoms with Crippen LogP contribution in [0.25, 0.3) is 0 Å². The second kappa shape index (κ2) is 18.5. The van der Waals surface area contributed by atoms with Crippen molar-refractivity contribution in [2.75, 3.05) is 0 Å². The van der Waals surface area contributed by atoms with Crippen molar-refractivity contribution in [3.63, 3.8) is 0 Å². The van der Waals surface area contributed by atoms with Gasteiger partial charge in [-0.15, -0.1) is 0 Å². The Balaban J connectivity index is 3.07. The Morgan fingerprint density at radius 1 is 0.400 bits per heavy atom. The van der Waals surface area contributed by atoms with Gasteiger partial charge in [0, 0.05) is 0 Å². The van der Waals surface area contributed by atoms with E-state index in [9.17, 15) is 0 Å². The van der Waals surface area contributed by atoms with Gasteiger partial charge < -0.3 is 0 Å². The third kappa shape index (κ3) is 17.5. The summed E-state index contributed by atoms with van der Waals surface area (Å²) < 4.78 is 0. The van der Waals surface area contributed by atoms with E-state index in [1.54, 1.807) is 0 Å². The van der Waals surface area contributed by atoms with Crippen LogP contribution in [0, 0.1) is 0 Å². The SMILES string of the molecule is CCCC=CCCCCCCCC=CCCCCCC. The van der Waals surface area contributed by atoms with Crippen molar-refractivity contribution in [2.45, 2.75) is 104 Å². The average Bonchev–Trinajstić information content (AvgIpc) is 2.47. The molecule has 0 heterocycles. The topological polar surface area (TPSA) is 0 Å². The van der Waals surface area contributed by atoms with Gasteiger partial charge in [0.2, 0.25) is 0 Å². The fourth-order valence-electron chi connectivity index (χ4n) is 2.38. The first-order chi connectivity index (χ1) is 9.91. The summed E-state index contributed by atoms with van der Waals surface area (Å²) in [5.41, 5.74) is 0. The molecule has 0 aliphatic rings. The van der Waals surface area contributed by atoms with Gasteiger partial charge in [0.1, 0.15) is 0 Å². The number of allylic oxidation sites excluding steroid dienone is 4. The molecule has 0 fully saturated rings. The molecule has 0 heteroatoms. The molecule has 0 atom stereocenters. The minimum absolute atomic E-state index is 1.25. The lowest BCUT2D eigenvalue weighted by molar-refractivity contribution is 0.620. The average molecular weight is 279 g/mol. The zero-order valence-corrected chi connectivity index (χ0v) is 14.2. The maximum Gasteiger partial charge on any atom is -0.0351 e. The number of hydrogen-bond donors (Lipinski definition) is 0. The van der Waals surface area contributed by atoms with E-state index >= 15 is 0 Å². The summed E-state index contributed by atoms with van der Waals surface area (Å²) >= 11 is 0. The molecule has 0 aliphatic heterocycles. The molecule has 0 amide bonds. The molecular weight excluding hydrogens is 240 g/mol. The van der Waals surface area contributed by atoms with Crippen molar-refractivity contribution in [2.24, 2.45) is 0 Å². The fourth-order valence-corrected chi connectivity index (χ4v) is 2.38. The quantitative estimate of drug-likeness (QED) is 0.214. The van der Waals surface area contributed by atoms with E-state index in [0.29, 0.717) is 0 Å². The monoisotopic (exact) mass is 278 g/mol. The molecule has 0 aromatic heterocycles. The maximum atomic E-state index is 2.40. The van der Waals surface area contributed by atoms with Crippen molar-refractivity contribution < 1.29 is 0 Å².